The SMILES string of the molecule is CC.CC(C)(C)C(=O)O.COc1ccc(F)c(-c2ccc3c(c2)N(S(=O)(=O)c2cccc(C(F)(F)F)c2)CCO3)c1F. The maximum atomic E-state index is 14.8. The molecule has 0 radical (unpaired) electrons. The first-order chi connectivity index (χ1) is 19.5. The number of alkyl halides is 3. The number of rotatable bonds is 4. The van der Waals surface area contributed by atoms with Crippen molar-refractivity contribution in [2.24, 2.45) is 5.41 Å². The monoisotopic (exact) mass is 617 g/mol. The molecule has 0 fully saturated rings. The lowest BCUT2D eigenvalue weighted by Gasteiger charge is -2.31. The molecule has 3 aromatic carbocycles. The number of sulfonamides is 1. The van der Waals surface area contributed by atoms with Crippen molar-refractivity contribution >= 4 is 21.7 Å². The van der Waals surface area contributed by atoms with E-state index < -0.39 is 55.2 Å². The van der Waals surface area contributed by atoms with Gasteiger partial charge in [-0.25, -0.2) is 17.2 Å². The molecular weight excluding hydrogens is 585 g/mol. The number of halogens is 5. The van der Waals surface area contributed by atoms with Gasteiger partial charge >= 0.3 is 12.1 Å². The van der Waals surface area contributed by atoms with Crippen molar-refractivity contribution in [3.8, 4) is 22.6 Å². The fraction of sp³-hybridized carbons (Fsp3) is 0.345. The van der Waals surface area contributed by atoms with E-state index in [1.54, 1.807) is 20.8 Å². The molecule has 3 aromatic rings. The van der Waals surface area contributed by atoms with Crippen LogP contribution in [-0.4, -0.2) is 39.8 Å². The van der Waals surface area contributed by atoms with Crippen molar-refractivity contribution in [1.29, 1.82) is 0 Å². The smallest absolute Gasteiger partial charge is 0.416 e. The van der Waals surface area contributed by atoms with Gasteiger partial charge in [-0.15, -0.1) is 0 Å². The zero-order chi connectivity index (χ0) is 32.0. The van der Waals surface area contributed by atoms with Crippen LogP contribution < -0.4 is 13.8 Å². The van der Waals surface area contributed by atoms with Crippen LogP contribution in [0.2, 0.25) is 0 Å². The van der Waals surface area contributed by atoms with Gasteiger partial charge in [-0.3, -0.25) is 9.10 Å². The quantitative estimate of drug-likeness (QED) is 0.307. The first kappa shape index (κ1) is 34.3. The highest BCUT2D eigenvalue weighted by atomic mass is 32.2. The average Bonchev–Trinajstić information content (AvgIpc) is 2.93. The van der Waals surface area contributed by atoms with Crippen molar-refractivity contribution in [2.45, 2.75) is 45.7 Å². The summed E-state index contributed by atoms with van der Waals surface area (Å²) in [6, 6.07) is 9.36. The first-order valence-electron chi connectivity index (χ1n) is 12.7. The van der Waals surface area contributed by atoms with Crippen LogP contribution >= 0.6 is 0 Å². The van der Waals surface area contributed by atoms with Gasteiger partial charge in [0.1, 0.15) is 18.2 Å². The molecule has 0 saturated carbocycles. The Hall–Kier alpha value is -3.87. The summed E-state index contributed by atoms with van der Waals surface area (Å²) in [4.78, 5) is 9.45. The number of benzene rings is 3. The zero-order valence-electron chi connectivity index (χ0n) is 23.8. The van der Waals surface area contributed by atoms with E-state index in [9.17, 15) is 35.2 Å². The van der Waals surface area contributed by atoms with E-state index in [4.69, 9.17) is 14.6 Å². The van der Waals surface area contributed by atoms with Gasteiger partial charge < -0.3 is 14.6 Å². The number of carboxylic acid groups (broad SMARTS) is 1. The largest absolute Gasteiger partial charge is 0.494 e. The Morgan fingerprint density at radius 1 is 1.00 bits per heavy atom. The summed E-state index contributed by atoms with van der Waals surface area (Å²) in [5, 5.41) is 8.25. The Bertz CT molecular complexity index is 1520. The van der Waals surface area contributed by atoms with Crippen molar-refractivity contribution in [2.75, 3.05) is 24.6 Å². The van der Waals surface area contributed by atoms with Gasteiger partial charge in [0, 0.05) is 0 Å². The van der Waals surface area contributed by atoms with Crippen LogP contribution in [0.5, 0.6) is 11.5 Å². The Morgan fingerprint density at radius 2 is 1.62 bits per heavy atom. The summed E-state index contributed by atoms with van der Waals surface area (Å²) >= 11 is 0. The van der Waals surface area contributed by atoms with Crippen molar-refractivity contribution in [1.82, 2.24) is 0 Å². The lowest BCUT2D eigenvalue weighted by Crippen LogP contribution is -2.38. The number of hydrogen-bond acceptors (Lipinski definition) is 5. The number of fused-ring (bicyclic) bond motifs is 1. The number of anilines is 1. The Balaban J connectivity index is 0.000000601. The van der Waals surface area contributed by atoms with Crippen LogP contribution in [0, 0.1) is 17.0 Å². The number of carboxylic acids is 1. The molecule has 0 unspecified atom stereocenters. The predicted molar refractivity (Wildman–Crippen MR) is 148 cm³/mol. The number of hydrogen-bond donors (Lipinski definition) is 1. The molecule has 1 N–H and O–H groups in total. The fourth-order valence-corrected chi connectivity index (χ4v) is 5.01. The van der Waals surface area contributed by atoms with Crippen LogP contribution in [0.1, 0.15) is 40.2 Å². The maximum Gasteiger partial charge on any atom is 0.416 e. The van der Waals surface area contributed by atoms with E-state index in [1.807, 2.05) is 13.8 Å². The molecule has 0 aromatic heterocycles. The molecule has 0 bridgehead atoms. The van der Waals surface area contributed by atoms with Gasteiger partial charge in [0.25, 0.3) is 10.0 Å². The third kappa shape index (κ3) is 7.69. The molecule has 0 amide bonds. The summed E-state index contributed by atoms with van der Waals surface area (Å²) in [6.45, 7) is 8.71. The second kappa shape index (κ2) is 13.4. The molecule has 13 heteroatoms. The normalized spacial score (nSPS) is 13.0. The molecule has 42 heavy (non-hydrogen) atoms. The zero-order valence-corrected chi connectivity index (χ0v) is 24.7. The van der Waals surface area contributed by atoms with E-state index in [2.05, 4.69) is 0 Å². The van der Waals surface area contributed by atoms with Gasteiger partial charge in [-0.1, -0.05) is 26.0 Å². The molecule has 0 aliphatic carbocycles. The Morgan fingerprint density at radius 3 is 2.17 bits per heavy atom. The van der Waals surface area contributed by atoms with E-state index >= 15 is 0 Å². The molecular formula is C29H32F5NO6S. The number of ether oxygens (including phenoxy) is 2. The van der Waals surface area contributed by atoms with E-state index in [0.717, 1.165) is 34.6 Å². The van der Waals surface area contributed by atoms with Gasteiger partial charge in [-0.05, 0) is 68.8 Å². The fourth-order valence-electron chi connectivity index (χ4n) is 3.51. The molecule has 1 aliphatic rings. The highest BCUT2D eigenvalue weighted by Crippen LogP contribution is 2.41. The number of nitrogens with zero attached hydrogens (tertiary/aromatic N) is 1. The number of carbonyl (C=O) groups is 1. The molecule has 0 atom stereocenters. The molecule has 1 aliphatic heterocycles. The van der Waals surface area contributed by atoms with Crippen LogP contribution in [-0.2, 0) is 21.0 Å². The van der Waals surface area contributed by atoms with Gasteiger partial charge in [-0.2, -0.15) is 13.2 Å². The molecule has 0 spiro atoms. The highest BCUT2D eigenvalue weighted by molar-refractivity contribution is 7.92. The van der Waals surface area contributed by atoms with E-state index in [1.165, 1.54) is 25.3 Å². The topological polar surface area (TPSA) is 93.1 Å². The van der Waals surface area contributed by atoms with Crippen molar-refractivity contribution in [3.05, 3.63) is 71.8 Å². The third-order valence-corrected chi connectivity index (χ3v) is 7.54. The van der Waals surface area contributed by atoms with E-state index in [0.29, 0.717) is 6.07 Å². The summed E-state index contributed by atoms with van der Waals surface area (Å²) < 4.78 is 106. The first-order valence-corrected chi connectivity index (χ1v) is 14.1. The molecule has 7 nitrogen and oxygen atoms in total. The second-order valence-corrected chi connectivity index (χ2v) is 11.5. The highest BCUT2D eigenvalue weighted by Gasteiger charge is 2.35. The summed E-state index contributed by atoms with van der Waals surface area (Å²) in [7, 11) is -3.24. The lowest BCUT2D eigenvalue weighted by atomic mass is 9.98. The van der Waals surface area contributed by atoms with Crippen LogP contribution in [0.15, 0.2) is 59.5 Å². The molecule has 4 rings (SSSR count). The lowest BCUT2D eigenvalue weighted by molar-refractivity contribution is -0.145. The molecule has 1 heterocycles. The second-order valence-electron chi connectivity index (χ2n) is 9.63. The maximum absolute atomic E-state index is 14.8. The van der Waals surface area contributed by atoms with Crippen molar-refractivity contribution < 1.29 is 49.7 Å². The van der Waals surface area contributed by atoms with Crippen LogP contribution in [0.25, 0.3) is 11.1 Å². The number of aliphatic carboxylic acids is 1. The number of methoxy groups -OCH3 is 1. The standard InChI is InChI=1S/C22H16F5NO4S.C5H10O2.C2H6/c1-31-19-8-6-16(23)20(21(19)24)13-5-7-18-17(11-13)28(9-10-32-18)33(29,30)15-4-2-3-14(12-15)22(25,26)27;1-5(2,3)4(6)7;1-2/h2-8,11-12H,9-10H2,1H3;1-3H3,(H,6,7);1-2H3. The Labute approximate surface area is 241 Å². The molecule has 0 saturated heterocycles. The summed E-state index contributed by atoms with van der Waals surface area (Å²) in [6.07, 6.45) is -4.73. The van der Waals surface area contributed by atoms with Crippen LogP contribution in [0.3, 0.4) is 0 Å². The van der Waals surface area contributed by atoms with Crippen molar-refractivity contribution in [3.63, 3.8) is 0 Å². The Kier molecular flexibility index (Phi) is 11.0. The van der Waals surface area contributed by atoms with Gasteiger partial charge in [0.05, 0.1) is 40.8 Å². The van der Waals surface area contributed by atoms with Gasteiger partial charge in [0.2, 0.25) is 0 Å². The molecule has 230 valence electrons. The third-order valence-electron chi connectivity index (χ3n) is 5.73. The minimum absolute atomic E-state index is 0.00241. The summed E-state index contributed by atoms with van der Waals surface area (Å²) in [5.41, 5.74) is -2.21. The van der Waals surface area contributed by atoms with Crippen LogP contribution in [0.4, 0.5) is 27.6 Å². The minimum Gasteiger partial charge on any atom is -0.494 e. The van der Waals surface area contributed by atoms with Gasteiger partial charge in [0.15, 0.2) is 11.6 Å². The summed E-state index contributed by atoms with van der Waals surface area (Å²) in [5.74, 6) is -2.76. The average molecular weight is 618 g/mol. The van der Waals surface area contributed by atoms with E-state index in [-0.39, 0.29) is 35.9 Å². The minimum atomic E-state index is -4.73. The predicted octanol–water partition coefficient (Wildman–Crippen LogP) is 7.39.